The first-order valence-electron chi connectivity index (χ1n) is 4.23. The van der Waals surface area contributed by atoms with Crippen LogP contribution in [0.3, 0.4) is 0 Å². The minimum Gasteiger partial charge on any atom is -0.256 e. The molecule has 0 heterocycles. The van der Waals surface area contributed by atoms with Crippen LogP contribution in [0.25, 0.3) is 0 Å². The van der Waals surface area contributed by atoms with Crippen molar-refractivity contribution < 1.29 is 0 Å². The minimum atomic E-state index is 0.787. The molecule has 0 fully saturated rings. The number of hydrogen-bond acceptors (Lipinski definition) is 1. The quantitative estimate of drug-likeness (QED) is 0.443. The monoisotopic (exact) mass is 185 g/mol. The van der Waals surface area contributed by atoms with Gasteiger partial charge in [-0.25, -0.2) is 0 Å². The Morgan fingerprint density at radius 3 is 2.00 bits per heavy atom. The second-order valence-electron chi connectivity index (χ2n) is 2.36. The van der Waals surface area contributed by atoms with E-state index in [1.165, 1.54) is 0 Å². The second-order valence-corrected chi connectivity index (χ2v) is 2.36. The lowest BCUT2D eigenvalue weighted by molar-refractivity contribution is 1.38. The summed E-state index contributed by atoms with van der Waals surface area (Å²) >= 11 is 0. The molecule has 0 unspecified atom stereocenters. The van der Waals surface area contributed by atoms with Crippen molar-refractivity contribution in [3.8, 4) is 0 Å². The number of nitrogens with zero attached hydrogens (tertiary/aromatic N) is 1. The van der Waals surface area contributed by atoms with Crippen molar-refractivity contribution in [1.82, 2.24) is 0 Å². The molecular weight excluding hydrogens is 170 g/mol. The third kappa shape index (κ3) is 4.21. The standard InChI is InChI=1S/C13H15N/c1-5-9-10-13(14-11-6-2)12(7-3)8-4/h5-11H,1-4H2/b10-9-,14-11-. The van der Waals surface area contributed by atoms with Gasteiger partial charge in [-0.2, -0.15) is 0 Å². The zero-order chi connectivity index (χ0) is 10.8. The summed E-state index contributed by atoms with van der Waals surface area (Å²) in [6, 6.07) is 0. The van der Waals surface area contributed by atoms with E-state index in [1.807, 2.05) is 12.2 Å². The van der Waals surface area contributed by atoms with E-state index in [4.69, 9.17) is 0 Å². The van der Waals surface area contributed by atoms with Crippen LogP contribution in [0.1, 0.15) is 0 Å². The summed E-state index contributed by atoms with van der Waals surface area (Å²) in [5.74, 6) is 0. The van der Waals surface area contributed by atoms with E-state index in [2.05, 4.69) is 31.3 Å². The highest BCUT2D eigenvalue weighted by atomic mass is 14.7. The molecule has 0 aliphatic rings. The Balaban J connectivity index is 5.13. The Hall–Kier alpha value is -1.89. The second kappa shape index (κ2) is 7.74. The highest BCUT2D eigenvalue weighted by Crippen LogP contribution is 2.09. The molecule has 0 bridgehead atoms. The average Bonchev–Trinajstić information content (AvgIpc) is 2.22. The fraction of sp³-hybridized carbons (Fsp3) is 0. The average molecular weight is 185 g/mol. The van der Waals surface area contributed by atoms with Gasteiger partial charge in [-0.05, 0) is 11.6 Å². The van der Waals surface area contributed by atoms with Crippen molar-refractivity contribution in [1.29, 1.82) is 0 Å². The van der Waals surface area contributed by atoms with Gasteiger partial charge in [0.05, 0.1) is 5.70 Å². The fourth-order valence-electron chi connectivity index (χ4n) is 0.798. The van der Waals surface area contributed by atoms with Gasteiger partial charge < -0.3 is 0 Å². The van der Waals surface area contributed by atoms with Crippen LogP contribution in [0.2, 0.25) is 0 Å². The molecule has 0 aromatic heterocycles. The summed E-state index contributed by atoms with van der Waals surface area (Å²) in [5, 5.41) is 0. The van der Waals surface area contributed by atoms with E-state index in [1.54, 1.807) is 30.5 Å². The van der Waals surface area contributed by atoms with Crippen LogP contribution in [0.15, 0.2) is 79.0 Å². The number of allylic oxidation sites excluding steroid dienone is 7. The van der Waals surface area contributed by atoms with Gasteiger partial charge in [0, 0.05) is 6.21 Å². The first-order chi connectivity index (χ1) is 6.79. The topological polar surface area (TPSA) is 12.4 Å². The van der Waals surface area contributed by atoms with E-state index in [-0.39, 0.29) is 0 Å². The molecule has 0 aromatic carbocycles. The van der Waals surface area contributed by atoms with Gasteiger partial charge in [-0.1, -0.05) is 56.7 Å². The predicted octanol–water partition coefficient (Wildman–Crippen LogP) is 3.61. The molecule has 0 amide bonds. The Bertz CT molecular complexity index is 284. The Labute approximate surface area is 85.9 Å². The van der Waals surface area contributed by atoms with Gasteiger partial charge >= 0.3 is 0 Å². The molecule has 0 rings (SSSR count). The lowest BCUT2D eigenvalue weighted by Crippen LogP contribution is -1.80. The van der Waals surface area contributed by atoms with Crippen molar-refractivity contribution >= 4 is 6.21 Å². The summed E-state index contributed by atoms with van der Waals surface area (Å²) in [5.41, 5.74) is 1.66. The largest absolute Gasteiger partial charge is 0.256 e. The molecule has 0 aromatic rings. The summed E-state index contributed by atoms with van der Waals surface area (Å²) in [4.78, 5) is 4.18. The van der Waals surface area contributed by atoms with Crippen molar-refractivity contribution in [3.63, 3.8) is 0 Å². The van der Waals surface area contributed by atoms with Crippen LogP contribution in [0.4, 0.5) is 0 Å². The van der Waals surface area contributed by atoms with Gasteiger partial charge in [0.15, 0.2) is 0 Å². The van der Waals surface area contributed by atoms with E-state index >= 15 is 0 Å². The van der Waals surface area contributed by atoms with Crippen molar-refractivity contribution in [3.05, 3.63) is 74.0 Å². The molecule has 0 spiro atoms. The van der Waals surface area contributed by atoms with Crippen LogP contribution >= 0.6 is 0 Å². The lowest BCUT2D eigenvalue weighted by Gasteiger charge is -1.97. The molecule has 14 heavy (non-hydrogen) atoms. The van der Waals surface area contributed by atoms with Gasteiger partial charge in [0.2, 0.25) is 0 Å². The smallest absolute Gasteiger partial charge is 0.0701 e. The number of hydrogen-bond donors (Lipinski definition) is 0. The number of aliphatic imine (C=N–C) groups is 1. The van der Waals surface area contributed by atoms with E-state index < -0.39 is 0 Å². The van der Waals surface area contributed by atoms with Gasteiger partial charge in [-0.3, -0.25) is 4.99 Å². The van der Waals surface area contributed by atoms with E-state index in [9.17, 15) is 0 Å². The minimum absolute atomic E-state index is 0.787. The van der Waals surface area contributed by atoms with E-state index in [0.29, 0.717) is 0 Å². The number of rotatable bonds is 6. The molecule has 0 aliphatic carbocycles. The van der Waals surface area contributed by atoms with Crippen LogP contribution in [-0.2, 0) is 0 Å². The van der Waals surface area contributed by atoms with Crippen molar-refractivity contribution in [2.45, 2.75) is 0 Å². The van der Waals surface area contributed by atoms with Crippen LogP contribution in [0, 0.1) is 0 Å². The fourth-order valence-corrected chi connectivity index (χ4v) is 0.798. The van der Waals surface area contributed by atoms with Gasteiger partial charge in [0.25, 0.3) is 0 Å². The summed E-state index contributed by atoms with van der Waals surface area (Å²) in [6.07, 6.45) is 12.0. The van der Waals surface area contributed by atoms with Crippen molar-refractivity contribution in [2.75, 3.05) is 0 Å². The zero-order valence-electron chi connectivity index (χ0n) is 8.32. The molecule has 0 radical (unpaired) electrons. The van der Waals surface area contributed by atoms with Crippen LogP contribution in [0.5, 0.6) is 0 Å². The molecule has 0 saturated carbocycles. The molecule has 0 atom stereocenters. The Morgan fingerprint density at radius 2 is 1.57 bits per heavy atom. The van der Waals surface area contributed by atoms with E-state index in [0.717, 1.165) is 11.3 Å². The normalized spacial score (nSPS) is 10.0. The van der Waals surface area contributed by atoms with Gasteiger partial charge in [0.1, 0.15) is 0 Å². The molecule has 1 nitrogen and oxygen atoms in total. The lowest BCUT2D eigenvalue weighted by atomic mass is 10.2. The predicted molar refractivity (Wildman–Crippen MR) is 65.4 cm³/mol. The first-order valence-corrected chi connectivity index (χ1v) is 4.23. The SMILES string of the molecule is C=C/C=C\C(/N=C\C=C)=C(C=C)C=C. The molecular formula is C13H15N. The molecule has 0 saturated heterocycles. The maximum atomic E-state index is 4.18. The van der Waals surface area contributed by atoms with Crippen LogP contribution < -0.4 is 0 Å². The Morgan fingerprint density at radius 1 is 0.929 bits per heavy atom. The maximum Gasteiger partial charge on any atom is 0.0701 e. The highest BCUT2D eigenvalue weighted by Gasteiger charge is 1.92. The zero-order valence-corrected chi connectivity index (χ0v) is 8.32. The van der Waals surface area contributed by atoms with Gasteiger partial charge in [-0.15, -0.1) is 0 Å². The van der Waals surface area contributed by atoms with Crippen molar-refractivity contribution in [2.24, 2.45) is 4.99 Å². The first kappa shape index (κ1) is 12.1. The summed E-state index contributed by atoms with van der Waals surface area (Å²) < 4.78 is 0. The molecule has 1 heteroatoms. The third-order valence-electron chi connectivity index (χ3n) is 1.44. The third-order valence-corrected chi connectivity index (χ3v) is 1.44. The molecule has 0 aliphatic heterocycles. The Kier molecular flexibility index (Phi) is 6.70. The van der Waals surface area contributed by atoms with Crippen LogP contribution in [-0.4, -0.2) is 6.21 Å². The molecule has 72 valence electrons. The summed E-state index contributed by atoms with van der Waals surface area (Å²) in [6.45, 7) is 14.5. The summed E-state index contributed by atoms with van der Waals surface area (Å²) in [7, 11) is 0. The highest BCUT2D eigenvalue weighted by molar-refractivity contribution is 5.72. The maximum absolute atomic E-state index is 4.18. The molecule has 0 N–H and O–H groups in total.